The van der Waals surface area contributed by atoms with Crippen LogP contribution < -0.4 is 5.32 Å². The number of aryl methyl sites for hydroxylation is 1. The number of aliphatic hydroxyl groups excluding tert-OH is 1. The Hall–Kier alpha value is -2.17. The van der Waals surface area contributed by atoms with Crippen LogP contribution in [0.3, 0.4) is 0 Å². The van der Waals surface area contributed by atoms with Crippen LogP contribution in [0.5, 0.6) is 0 Å². The van der Waals surface area contributed by atoms with E-state index in [0.717, 1.165) is 32.9 Å². The van der Waals surface area contributed by atoms with E-state index in [0.29, 0.717) is 25.7 Å². The Kier molecular flexibility index (Phi) is 28.3. The molecule has 1 aliphatic rings. The number of rotatable bonds is 11. The van der Waals surface area contributed by atoms with Gasteiger partial charge in [-0.1, -0.05) is 50.5 Å². The maximum absolute atomic E-state index is 12.3. The molecule has 1 saturated carbocycles. The zero-order valence-corrected chi connectivity index (χ0v) is 30.8. The highest BCUT2D eigenvalue weighted by molar-refractivity contribution is 5.72. The fourth-order valence-electron chi connectivity index (χ4n) is 4.01. The number of esters is 1. The van der Waals surface area contributed by atoms with Gasteiger partial charge in [0.1, 0.15) is 18.7 Å². The first kappa shape index (κ1) is 47.2. The monoisotopic (exact) mass is 641 g/mol. The van der Waals surface area contributed by atoms with E-state index in [1.54, 1.807) is 7.11 Å². The van der Waals surface area contributed by atoms with Crippen molar-refractivity contribution in [3.05, 3.63) is 35.4 Å². The molecule has 9 nitrogen and oxygen atoms in total. The van der Waals surface area contributed by atoms with Crippen LogP contribution in [0.1, 0.15) is 112 Å². The van der Waals surface area contributed by atoms with Gasteiger partial charge in [0.15, 0.2) is 0 Å². The maximum Gasteiger partial charge on any atom is 0.320 e. The van der Waals surface area contributed by atoms with Crippen LogP contribution in [-0.2, 0) is 41.6 Å². The Labute approximate surface area is 275 Å². The summed E-state index contributed by atoms with van der Waals surface area (Å²) in [6.45, 7) is 25.1. The van der Waals surface area contributed by atoms with E-state index in [9.17, 15) is 9.59 Å². The highest BCUT2D eigenvalue weighted by Gasteiger charge is 2.25. The molecule has 45 heavy (non-hydrogen) atoms. The van der Waals surface area contributed by atoms with E-state index < -0.39 is 5.60 Å². The second-order valence-corrected chi connectivity index (χ2v) is 13.6. The maximum atomic E-state index is 12.3. The average molecular weight is 641 g/mol. The predicted molar refractivity (Wildman–Crippen MR) is 186 cm³/mol. The largest absolute Gasteiger partial charge is 0.459 e. The number of nitrogens with zero attached hydrogens (tertiary/aromatic N) is 1. The molecule has 2 N–H and O–H groups in total. The van der Waals surface area contributed by atoms with Crippen molar-refractivity contribution < 1.29 is 33.7 Å². The third-order valence-electron chi connectivity index (χ3n) is 6.31. The van der Waals surface area contributed by atoms with Crippen molar-refractivity contribution in [3.8, 4) is 0 Å². The van der Waals surface area contributed by atoms with Crippen LogP contribution in [0, 0.1) is 0 Å². The van der Waals surface area contributed by atoms with Gasteiger partial charge in [0, 0.05) is 33.4 Å². The van der Waals surface area contributed by atoms with E-state index in [-0.39, 0.29) is 17.2 Å². The molecule has 0 atom stereocenters. The summed E-state index contributed by atoms with van der Waals surface area (Å²) in [7, 11) is 2.71. The number of carbonyl (C=O) groups excluding carboxylic acids is 3. The number of aliphatic hydroxyl groups is 1. The zero-order chi connectivity index (χ0) is 35.5. The third-order valence-corrected chi connectivity index (χ3v) is 6.31. The average Bonchev–Trinajstić information content (AvgIpc) is 2.98. The standard InChI is InChI=1S/C21H33NO2.C8H17NO2.C5H12O.CH4O.CH2O/c1-5-17-11-13-18(14-12-17)15-22(19-9-7-6-8-10-19)16-20(23)24-21(2,3)4;1-8(2,3)11-7-5-9-4-6-10;1-5(2,3)6-4;2*1-2/h11-14,19H,5-10,15-16H2,1-4H3;6,9H,4-5,7H2,1-3H3;1-4H3;2H,1H3;1H2. The van der Waals surface area contributed by atoms with Gasteiger partial charge in [0.2, 0.25) is 0 Å². The molecular formula is C36H68N2O7. The van der Waals surface area contributed by atoms with Crippen LogP contribution in [0.2, 0.25) is 0 Å². The molecule has 9 heteroatoms. The topological polar surface area (TPSA) is 114 Å². The Morgan fingerprint density at radius 3 is 1.80 bits per heavy atom. The summed E-state index contributed by atoms with van der Waals surface area (Å²) < 4.78 is 15.9. The van der Waals surface area contributed by atoms with Gasteiger partial charge in [-0.2, -0.15) is 0 Å². The Balaban J connectivity index is -0.000000697. The summed E-state index contributed by atoms with van der Waals surface area (Å²) in [5.74, 6) is -0.113. The van der Waals surface area contributed by atoms with E-state index in [2.05, 4.69) is 41.4 Å². The number of benzene rings is 1. The number of nitrogens with one attached hydrogen (secondary N) is 1. The smallest absolute Gasteiger partial charge is 0.320 e. The van der Waals surface area contributed by atoms with E-state index in [4.69, 9.17) is 24.1 Å². The second-order valence-electron chi connectivity index (χ2n) is 13.6. The van der Waals surface area contributed by atoms with Gasteiger partial charge in [-0.25, -0.2) is 0 Å². The molecule has 1 aromatic rings. The fourth-order valence-corrected chi connectivity index (χ4v) is 4.01. The zero-order valence-electron chi connectivity index (χ0n) is 30.8. The number of hydrogen-bond acceptors (Lipinski definition) is 9. The number of methoxy groups -OCH3 is 1. The lowest BCUT2D eigenvalue weighted by Crippen LogP contribution is -2.41. The van der Waals surface area contributed by atoms with Gasteiger partial charge in [-0.15, -0.1) is 0 Å². The summed E-state index contributed by atoms with van der Waals surface area (Å²) in [6, 6.07) is 9.29. The summed E-state index contributed by atoms with van der Waals surface area (Å²) in [5.41, 5.74) is 2.18. The first-order chi connectivity index (χ1) is 21.0. The molecule has 0 saturated heterocycles. The molecule has 264 valence electrons. The van der Waals surface area contributed by atoms with Crippen LogP contribution in [0.4, 0.5) is 0 Å². The lowest BCUT2D eigenvalue weighted by molar-refractivity contribution is -0.157. The van der Waals surface area contributed by atoms with Gasteiger partial charge < -0.3 is 34.2 Å². The third kappa shape index (κ3) is 31.6. The van der Waals surface area contributed by atoms with Crippen molar-refractivity contribution in [1.82, 2.24) is 10.2 Å². The van der Waals surface area contributed by atoms with Crippen molar-refractivity contribution in [1.29, 1.82) is 0 Å². The number of ether oxygens (including phenoxy) is 3. The molecular weight excluding hydrogens is 572 g/mol. The van der Waals surface area contributed by atoms with Crippen molar-refractivity contribution in [2.24, 2.45) is 0 Å². The number of hydrogen-bond donors (Lipinski definition) is 2. The van der Waals surface area contributed by atoms with Crippen LogP contribution in [0.25, 0.3) is 0 Å². The minimum atomic E-state index is -0.419. The molecule has 0 unspecified atom stereocenters. The van der Waals surface area contributed by atoms with Crippen molar-refractivity contribution in [3.63, 3.8) is 0 Å². The summed E-state index contributed by atoms with van der Waals surface area (Å²) in [5, 5.41) is 9.91. The number of aldehydes is 1. The van der Waals surface area contributed by atoms with E-state index >= 15 is 0 Å². The molecule has 0 heterocycles. The highest BCUT2D eigenvalue weighted by Crippen LogP contribution is 2.24. The van der Waals surface area contributed by atoms with Crippen molar-refractivity contribution in [2.45, 2.75) is 137 Å². The number of carbonyl (C=O) groups is 3. The van der Waals surface area contributed by atoms with Crippen molar-refractivity contribution >= 4 is 19.0 Å². The lowest BCUT2D eigenvalue weighted by atomic mass is 9.93. The first-order valence-corrected chi connectivity index (χ1v) is 16.1. The van der Waals surface area contributed by atoms with Gasteiger partial charge in [-0.3, -0.25) is 9.69 Å². The first-order valence-electron chi connectivity index (χ1n) is 16.1. The molecule has 1 aliphatic carbocycles. The molecule has 0 bridgehead atoms. The Morgan fingerprint density at radius 1 is 0.911 bits per heavy atom. The van der Waals surface area contributed by atoms with Gasteiger partial charge >= 0.3 is 5.97 Å². The molecule has 1 aromatic carbocycles. The lowest BCUT2D eigenvalue weighted by Gasteiger charge is -2.34. The second kappa shape index (κ2) is 27.0. The molecule has 0 aromatic heterocycles. The molecule has 1 fully saturated rings. The predicted octanol–water partition coefficient (Wildman–Crippen LogP) is 6.17. The van der Waals surface area contributed by atoms with Crippen LogP contribution in [0.15, 0.2) is 24.3 Å². The fraction of sp³-hybridized carbons (Fsp3) is 0.750. The normalized spacial score (nSPS) is 13.4. The molecule has 0 aliphatic heterocycles. The van der Waals surface area contributed by atoms with Gasteiger partial charge in [-0.05, 0) is 92.7 Å². The highest BCUT2D eigenvalue weighted by atomic mass is 16.6. The van der Waals surface area contributed by atoms with Crippen molar-refractivity contribution in [2.75, 3.05) is 40.5 Å². The SMILES string of the molecule is C=O.CC(C)(C)OCCNCC=O.CCc1ccc(CN(CC(=O)OC(C)(C)C)C2CCCCC2)cc1.CO.COC(C)(C)C. The summed E-state index contributed by atoms with van der Waals surface area (Å²) >= 11 is 0. The Bertz CT molecular complexity index is 835. The molecule has 0 spiro atoms. The van der Waals surface area contributed by atoms with E-state index in [1.165, 1.54) is 43.2 Å². The van der Waals surface area contributed by atoms with Gasteiger partial charge in [0.25, 0.3) is 0 Å². The Morgan fingerprint density at radius 2 is 1.40 bits per heavy atom. The molecule has 0 radical (unpaired) electrons. The minimum Gasteiger partial charge on any atom is -0.459 e. The van der Waals surface area contributed by atoms with Crippen LogP contribution >= 0.6 is 0 Å². The minimum absolute atomic E-state index is 0.0417. The molecule has 2 rings (SSSR count). The molecule has 0 amide bonds. The van der Waals surface area contributed by atoms with Crippen LogP contribution in [-0.4, -0.2) is 92.4 Å². The summed E-state index contributed by atoms with van der Waals surface area (Å²) in [6.07, 6.45) is 8.14. The van der Waals surface area contributed by atoms with Gasteiger partial charge in [0.05, 0.1) is 30.9 Å². The summed E-state index contributed by atoms with van der Waals surface area (Å²) in [4.78, 5) is 32.5. The quantitative estimate of drug-likeness (QED) is 0.167. The van der Waals surface area contributed by atoms with E-state index in [1.807, 2.05) is 69.1 Å².